The number of thiazole rings is 1. The van der Waals surface area contributed by atoms with Gasteiger partial charge in [-0.05, 0) is 24.3 Å². The minimum Gasteiger partial charge on any atom is -0.494 e. The van der Waals surface area contributed by atoms with Crippen molar-refractivity contribution >= 4 is 23.7 Å². The summed E-state index contributed by atoms with van der Waals surface area (Å²) >= 11 is 1.60. The van der Waals surface area contributed by atoms with Crippen molar-refractivity contribution in [1.29, 1.82) is 0 Å². The lowest BCUT2D eigenvalue weighted by Gasteiger charge is -2.05. The molecule has 0 amide bonds. The van der Waals surface area contributed by atoms with Crippen molar-refractivity contribution in [3.8, 4) is 16.3 Å². The Hall–Kier alpha value is -1.14. The fourth-order valence-corrected chi connectivity index (χ4v) is 2.28. The predicted molar refractivity (Wildman–Crippen MR) is 79.9 cm³/mol. The molecule has 0 saturated carbocycles. The molecule has 0 radical (unpaired) electrons. The molecular weight excluding hydrogens is 284 g/mol. The van der Waals surface area contributed by atoms with Crippen LogP contribution in [0.15, 0.2) is 30.5 Å². The van der Waals surface area contributed by atoms with Crippen LogP contribution in [0.25, 0.3) is 10.6 Å². The number of aliphatic hydroxyl groups is 1. The first kappa shape index (κ1) is 15.9. The fraction of sp³-hybridized carbons (Fsp3) is 0.308. The molecule has 6 heteroatoms. The molecule has 0 aliphatic carbocycles. The van der Waals surface area contributed by atoms with Crippen LogP contribution in [0.3, 0.4) is 0 Å². The minimum absolute atomic E-state index is 0. The van der Waals surface area contributed by atoms with Crippen LogP contribution < -0.4 is 10.5 Å². The van der Waals surface area contributed by atoms with Gasteiger partial charge in [-0.2, -0.15) is 0 Å². The fourth-order valence-electron chi connectivity index (χ4n) is 1.48. The first-order valence-electron chi connectivity index (χ1n) is 5.82. The molecule has 0 aliphatic rings. The van der Waals surface area contributed by atoms with Crippen LogP contribution in [0, 0.1) is 0 Å². The summed E-state index contributed by atoms with van der Waals surface area (Å²) in [6.07, 6.45) is 2.46. The molecule has 0 spiro atoms. The Labute approximate surface area is 122 Å². The first-order chi connectivity index (χ1) is 8.83. The topological polar surface area (TPSA) is 68.4 Å². The zero-order valence-electron chi connectivity index (χ0n) is 10.4. The standard InChI is InChI=1S/C13H16N2O2S.ClH/c14-8-12-9-15-13(18-12)10-2-4-11(5-3-10)17-7-1-6-16;/h2-5,9,16H,1,6-8,14H2;1H. The van der Waals surface area contributed by atoms with Crippen LogP contribution in [0.2, 0.25) is 0 Å². The van der Waals surface area contributed by atoms with Gasteiger partial charge in [0.2, 0.25) is 0 Å². The maximum absolute atomic E-state index is 8.67. The lowest BCUT2D eigenvalue weighted by atomic mass is 10.2. The monoisotopic (exact) mass is 300 g/mol. The quantitative estimate of drug-likeness (QED) is 0.804. The Kier molecular flexibility index (Phi) is 6.80. The van der Waals surface area contributed by atoms with E-state index in [0.717, 1.165) is 21.2 Å². The largest absolute Gasteiger partial charge is 0.494 e. The van der Waals surface area contributed by atoms with E-state index in [-0.39, 0.29) is 19.0 Å². The van der Waals surface area contributed by atoms with Crippen molar-refractivity contribution in [3.05, 3.63) is 35.3 Å². The van der Waals surface area contributed by atoms with Gasteiger partial charge in [0.15, 0.2) is 0 Å². The van der Waals surface area contributed by atoms with Crippen molar-refractivity contribution in [1.82, 2.24) is 4.98 Å². The van der Waals surface area contributed by atoms with E-state index in [0.29, 0.717) is 19.6 Å². The van der Waals surface area contributed by atoms with Gasteiger partial charge in [-0.3, -0.25) is 0 Å². The van der Waals surface area contributed by atoms with Crippen LogP contribution in [0.4, 0.5) is 0 Å². The van der Waals surface area contributed by atoms with E-state index in [2.05, 4.69) is 4.98 Å². The number of halogens is 1. The van der Waals surface area contributed by atoms with E-state index in [1.54, 1.807) is 11.3 Å². The number of ether oxygens (including phenoxy) is 1. The second kappa shape index (κ2) is 8.12. The second-order valence-electron chi connectivity index (χ2n) is 3.79. The third kappa shape index (κ3) is 4.47. The summed E-state index contributed by atoms with van der Waals surface area (Å²) in [5, 5.41) is 9.64. The van der Waals surface area contributed by atoms with Gasteiger partial charge in [0, 0.05) is 36.2 Å². The molecule has 0 aliphatic heterocycles. The molecular formula is C13H17ClN2O2S. The van der Waals surface area contributed by atoms with E-state index in [1.165, 1.54) is 0 Å². The summed E-state index contributed by atoms with van der Waals surface area (Å²) in [5.74, 6) is 0.808. The molecule has 0 atom stereocenters. The Balaban J connectivity index is 0.00000180. The van der Waals surface area contributed by atoms with Crippen LogP contribution >= 0.6 is 23.7 Å². The van der Waals surface area contributed by atoms with Gasteiger partial charge in [0.05, 0.1) is 6.61 Å². The molecule has 4 nitrogen and oxygen atoms in total. The lowest BCUT2D eigenvalue weighted by molar-refractivity contribution is 0.233. The number of nitrogens with zero attached hydrogens (tertiary/aromatic N) is 1. The number of aromatic nitrogens is 1. The van der Waals surface area contributed by atoms with Crippen LogP contribution in [-0.2, 0) is 6.54 Å². The summed E-state index contributed by atoms with van der Waals surface area (Å²) in [6, 6.07) is 7.78. The number of nitrogens with two attached hydrogens (primary N) is 1. The van der Waals surface area contributed by atoms with E-state index in [1.807, 2.05) is 30.5 Å². The average molecular weight is 301 g/mol. The van der Waals surface area contributed by atoms with Crippen LogP contribution in [0.1, 0.15) is 11.3 Å². The third-order valence-electron chi connectivity index (χ3n) is 2.43. The molecule has 3 N–H and O–H groups in total. The Bertz CT molecular complexity index is 488. The molecule has 0 fully saturated rings. The Morgan fingerprint density at radius 2 is 2.00 bits per heavy atom. The zero-order chi connectivity index (χ0) is 12.8. The van der Waals surface area contributed by atoms with Gasteiger partial charge < -0.3 is 15.6 Å². The molecule has 1 aromatic heterocycles. The molecule has 1 heterocycles. The Morgan fingerprint density at radius 1 is 1.26 bits per heavy atom. The maximum Gasteiger partial charge on any atom is 0.123 e. The maximum atomic E-state index is 8.67. The Morgan fingerprint density at radius 3 is 2.58 bits per heavy atom. The summed E-state index contributed by atoms with van der Waals surface area (Å²) in [4.78, 5) is 5.40. The molecule has 0 saturated heterocycles. The highest BCUT2D eigenvalue weighted by atomic mass is 35.5. The highest BCUT2D eigenvalue weighted by molar-refractivity contribution is 7.15. The van der Waals surface area contributed by atoms with Gasteiger partial charge in [-0.25, -0.2) is 4.98 Å². The number of rotatable bonds is 6. The van der Waals surface area contributed by atoms with E-state index >= 15 is 0 Å². The molecule has 0 unspecified atom stereocenters. The summed E-state index contributed by atoms with van der Waals surface area (Å²) in [5.41, 5.74) is 6.63. The van der Waals surface area contributed by atoms with E-state index in [9.17, 15) is 0 Å². The second-order valence-corrected chi connectivity index (χ2v) is 4.90. The molecule has 2 aromatic rings. The van der Waals surface area contributed by atoms with Gasteiger partial charge in [-0.15, -0.1) is 23.7 Å². The van der Waals surface area contributed by atoms with Gasteiger partial charge in [-0.1, -0.05) is 0 Å². The van der Waals surface area contributed by atoms with E-state index in [4.69, 9.17) is 15.6 Å². The van der Waals surface area contributed by atoms with Crippen LogP contribution in [0.5, 0.6) is 5.75 Å². The molecule has 1 aromatic carbocycles. The summed E-state index contributed by atoms with van der Waals surface area (Å²) < 4.78 is 5.47. The highest BCUT2D eigenvalue weighted by Gasteiger charge is 2.04. The predicted octanol–water partition coefficient (Wildman–Crippen LogP) is 2.45. The normalized spacial score (nSPS) is 10.0. The van der Waals surface area contributed by atoms with Crippen molar-refractivity contribution in [2.75, 3.05) is 13.2 Å². The van der Waals surface area contributed by atoms with Gasteiger partial charge in [0.25, 0.3) is 0 Å². The number of benzene rings is 1. The molecule has 104 valence electrons. The third-order valence-corrected chi connectivity index (χ3v) is 3.50. The lowest BCUT2D eigenvalue weighted by Crippen LogP contribution is -1.99. The van der Waals surface area contributed by atoms with Crippen LogP contribution in [-0.4, -0.2) is 23.3 Å². The molecule has 0 bridgehead atoms. The van der Waals surface area contributed by atoms with Crippen molar-refractivity contribution < 1.29 is 9.84 Å². The smallest absolute Gasteiger partial charge is 0.123 e. The van der Waals surface area contributed by atoms with Crippen molar-refractivity contribution in [2.24, 2.45) is 5.73 Å². The number of hydrogen-bond donors (Lipinski definition) is 2. The zero-order valence-corrected chi connectivity index (χ0v) is 12.0. The van der Waals surface area contributed by atoms with Gasteiger partial charge in [0.1, 0.15) is 10.8 Å². The van der Waals surface area contributed by atoms with Gasteiger partial charge >= 0.3 is 0 Å². The van der Waals surface area contributed by atoms with Crippen molar-refractivity contribution in [3.63, 3.8) is 0 Å². The number of hydrogen-bond acceptors (Lipinski definition) is 5. The van der Waals surface area contributed by atoms with Crippen molar-refractivity contribution in [2.45, 2.75) is 13.0 Å². The summed E-state index contributed by atoms with van der Waals surface area (Å²) in [7, 11) is 0. The number of aliphatic hydroxyl groups excluding tert-OH is 1. The SMILES string of the molecule is Cl.NCc1cnc(-c2ccc(OCCCO)cc2)s1. The molecule has 19 heavy (non-hydrogen) atoms. The minimum atomic E-state index is 0. The van der Waals surface area contributed by atoms with E-state index < -0.39 is 0 Å². The highest BCUT2D eigenvalue weighted by Crippen LogP contribution is 2.26. The average Bonchev–Trinajstić information content (AvgIpc) is 2.89. The first-order valence-corrected chi connectivity index (χ1v) is 6.64. The molecule has 2 rings (SSSR count). The summed E-state index contributed by atoms with van der Waals surface area (Å²) in [6.45, 7) is 1.21.